The standard InChI is InChI=1S/C21H27Cl2N5O/c1-2-13-18(27-11-9-21(10-12-27)8-4-7-16(21)24)26-20(25)28(19(13)29)15-6-3-5-14(22)17(15)23/h3,5-6,16H,2,4,7-12,24H2,1H3,(H2,25,26)/t16-/m0/s1. The Morgan fingerprint density at radius 1 is 1.24 bits per heavy atom. The van der Waals surface area contributed by atoms with Crippen LogP contribution in [0, 0.1) is 5.41 Å². The Morgan fingerprint density at radius 2 is 1.97 bits per heavy atom. The second kappa shape index (κ2) is 7.82. The van der Waals surface area contributed by atoms with E-state index < -0.39 is 0 Å². The molecule has 1 spiro atoms. The Morgan fingerprint density at radius 3 is 2.59 bits per heavy atom. The Balaban J connectivity index is 1.71. The number of nitrogens with zero attached hydrogens (tertiary/aromatic N) is 3. The number of anilines is 2. The number of piperidine rings is 1. The van der Waals surface area contributed by atoms with Crippen LogP contribution in [0.4, 0.5) is 11.8 Å². The number of nitrogen functional groups attached to an aromatic ring is 1. The fourth-order valence-corrected chi connectivity index (χ4v) is 5.36. The summed E-state index contributed by atoms with van der Waals surface area (Å²) in [7, 11) is 0. The number of rotatable bonds is 3. The molecular formula is C21H27Cl2N5O. The second-order valence-electron chi connectivity index (χ2n) is 8.19. The lowest BCUT2D eigenvalue weighted by Crippen LogP contribution is -2.47. The van der Waals surface area contributed by atoms with Crippen molar-refractivity contribution in [3.8, 4) is 5.69 Å². The van der Waals surface area contributed by atoms with Gasteiger partial charge in [0.15, 0.2) is 0 Å². The van der Waals surface area contributed by atoms with Crippen molar-refractivity contribution in [2.24, 2.45) is 11.1 Å². The van der Waals surface area contributed by atoms with Gasteiger partial charge in [0.05, 0.1) is 21.3 Å². The van der Waals surface area contributed by atoms with Gasteiger partial charge in [-0.1, -0.05) is 42.6 Å². The predicted octanol–water partition coefficient (Wildman–Crippen LogP) is 3.78. The molecule has 1 saturated heterocycles. The van der Waals surface area contributed by atoms with Crippen molar-refractivity contribution in [1.82, 2.24) is 9.55 Å². The molecule has 4 rings (SSSR count). The summed E-state index contributed by atoms with van der Waals surface area (Å²) in [5.74, 6) is 0.801. The number of nitrogens with two attached hydrogens (primary N) is 2. The summed E-state index contributed by atoms with van der Waals surface area (Å²) in [6, 6.07) is 5.42. The van der Waals surface area contributed by atoms with E-state index >= 15 is 0 Å². The zero-order valence-corrected chi connectivity index (χ0v) is 18.1. The van der Waals surface area contributed by atoms with E-state index in [0.717, 1.165) is 32.4 Å². The molecule has 6 nitrogen and oxygen atoms in total. The smallest absolute Gasteiger partial charge is 0.264 e. The van der Waals surface area contributed by atoms with Crippen LogP contribution in [0.15, 0.2) is 23.0 Å². The fraction of sp³-hybridized carbons (Fsp3) is 0.524. The molecule has 1 atom stereocenters. The number of hydrogen-bond donors (Lipinski definition) is 2. The molecular weight excluding hydrogens is 409 g/mol. The molecule has 1 aliphatic heterocycles. The van der Waals surface area contributed by atoms with E-state index in [9.17, 15) is 4.79 Å². The number of hydrogen-bond acceptors (Lipinski definition) is 5. The van der Waals surface area contributed by atoms with Gasteiger partial charge in [-0.25, -0.2) is 4.57 Å². The molecule has 1 aromatic carbocycles. The van der Waals surface area contributed by atoms with E-state index in [0.29, 0.717) is 28.5 Å². The normalized spacial score (nSPS) is 21.1. The molecule has 0 amide bonds. The predicted molar refractivity (Wildman–Crippen MR) is 119 cm³/mol. The SMILES string of the molecule is CCc1c(N2CCC3(CCC[C@@H]3N)CC2)nc(N)n(-c2cccc(Cl)c2Cl)c1=O. The van der Waals surface area contributed by atoms with E-state index in [1.807, 2.05) is 6.92 Å². The van der Waals surface area contributed by atoms with Crippen molar-refractivity contribution < 1.29 is 0 Å². The van der Waals surface area contributed by atoms with E-state index in [2.05, 4.69) is 9.88 Å². The van der Waals surface area contributed by atoms with Crippen molar-refractivity contribution in [2.75, 3.05) is 23.7 Å². The van der Waals surface area contributed by atoms with Crippen LogP contribution in [0.2, 0.25) is 10.0 Å². The molecule has 0 radical (unpaired) electrons. The third-order valence-corrected chi connectivity index (χ3v) is 7.55. The van der Waals surface area contributed by atoms with E-state index in [1.54, 1.807) is 18.2 Å². The van der Waals surface area contributed by atoms with Crippen molar-refractivity contribution >= 4 is 35.0 Å². The van der Waals surface area contributed by atoms with Crippen molar-refractivity contribution in [2.45, 2.75) is 51.5 Å². The minimum atomic E-state index is -0.197. The van der Waals surface area contributed by atoms with Gasteiger partial charge < -0.3 is 16.4 Å². The summed E-state index contributed by atoms with van der Waals surface area (Å²) in [5, 5.41) is 0.654. The molecule has 0 unspecified atom stereocenters. The van der Waals surface area contributed by atoms with E-state index in [-0.39, 0.29) is 28.0 Å². The summed E-state index contributed by atoms with van der Waals surface area (Å²) in [6.45, 7) is 3.64. The van der Waals surface area contributed by atoms with Gasteiger partial charge in [-0.15, -0.1) is 0 Å². The first-order valence-electron chi connectivity index (χ1n) is 10.2. The Labute approximate surface area is 180 Å². The van der Waals surface area contributed by atoms with Crippen molar-refractivity contribution in [1.29, 1.82) is 0 Å². The van der Waals surface area contributed by atoms with Crippen molar-refractivity contribution in [3.05, 3.63) is 44.2 Å². The third-order valence-electron chi connectivity index (χ3n) is 6.74. The molecule has 0 bridgehead atoms. The van der Waals surface area contributed by atoms with Crippen LogP contribution in [0.5, 0.6) is 0 Å². The monoisotopic (exact) mass is 435 g/mol. The first-order valence-corrected chi connectivity index (χ1v) is 11.0. The van der Waals surface area contributed by atoms with Gasteiger partial charge >= 0.3 is 0 Å². The lowest BCUT2D eigenvalue weighted by Gasteiger charge is -2.43. The summed E-state index contributed by atoms with van der Waals surface area (Å²) >= 11 is 12.5. The topological polar surface area (TPSA) is 90.2 Å². The second-order valence-corrected chi connectivity index (χ2v) is 8.97. The van der Waals surface area contributed by atoms with Crippen LogP contribution < -0.4 is 21.9 Å². The van der Waals surface area contributed by atoms with Gasteiger partial charge in [-0.3, -0.25) is 4.79 Å². The fourth-order valence-electron chi connectivity index (χ4n) is 4.98. The van der Waals surface area contributed by atoms with E-state index in [1.165, 1.54) is 17.4 Å². The maximum absolute atomic E-state index is 13.3. The highest BCUT2D eigenvalue weighted by Gasteiger charge is 2.43. The van der Waals surface area contributed by atoms with E-state index in [4.69, 9.17) is 34.7 Å². The molecule has 2 fully saturated rings. The molecule has 1 saturated carbocycles. The first kappa shape index (κ1) is 20.5. The molecule has 2 aromatic rings. The molecule has 1 aliphatic carbocycles. The number of benzene rings is 1. The molecule has 2 aliphatic rings. The van der Waals surface area contributed by atoms with Gasteiger partial charge in [0, 0.05) is 19.1 Å². The highest BCUT2D eigenvalue weighted by Crippen LogP contribution is 2.46. The van der Waals surface area contributed by atoms with Crippen molar-refractivity contribution in [3.63, 3.8) is 0 Å². The Hall–Kier alpha value is -1.76. The Bertz CT molecular complexity index is 982. The molecule has 1 aromatic heterocycles. The van der Waals surface area contributed by atoms with Gasteiger partial charge in [-0.05, 0) is 49.7 Å². The number of halogens is 2. The molecule has 156 valence electrons. The molecule has 4 N–H and O–H groups in total. The van der Waals surface area contributed by atoms with Gasteiger partial charge in [-0.2, -0.15) is 4.98 Å². The average molecular weight is 436 g/mol. The molecule has 2 heterocycles. The van der Waals surface area contributed by atoms with Gasteiger partial charge in [0.25, 0.3) is 5.56 Å². The highest BCUT2D eigenvalue weighted by atomic mass is 35.5. The summed E-state index contributed by atoms with van der Waals surface area (Å²) in [6.07, 6.45) is 6.14. The summed E-state index contributed by atoms with van der Waals surface area (Å²) in [4.78, 5) is 20.2. The first-order chi connectivity index (χ1) is 13.9. The lowest BCUT2D eigenvalue weighted by molar-refractivity contribution is 0.197. The van der Waals surface area contributed by atoms with Gasteiger partial charge in [0.1, 0.15) is 5.82 Å². The molecule has 29 heavy (non-hydrogen) atoms. The highest BCUT2D eigenvalue weighted by molar-refractivity contribution is 6.43. The summed E-state index contributed by atoms with van der Waals surface area (Å²) < 4.78 is 1.36. The average Bonchev–Trinajstić information content (AvgIpc) is 3.05. The largest absolute Gasteiger partial charge is 0.369 e. The van der Waals surface area contributed by atoms with Gasteiger partial charge in [0.2, 0.25) is 5.95 Å². The summed E-state index contributed by atoms with van der Waals surface area (Å²) in [5.41, 5.74) is 13.8. The zero-order valence-electron chi connectivity index (χ0n) is 16.6. The number of aromatic nitrogens is 2. The van der Waals surface area contributed by atoms with Crippen LogP contribution in [-0.4, -0.2) is 28.7 Å². The zero-order chi connectivity index (χ0) is 20.8. The molecule has 8 heteroatoms. The minimum Gasteiger partial charge on any atom is -0.369 e. The quantitative estimate of drug-likeness (QED) is 0.764. The maximum atomic E-state index is 13.3. The van der Waals surface area contributed by atoms with Crippen LogP contribution >= 0.6 is 23.2 Å². The lowest BCUT2D eigenvalue weighted by atomic mass is 9.74. The maximum Gasteiger partial charge on any atom is 0.264 e. The van der Waals surface area contributed by atoms with Crippen LogP contribution in [0.25, 0.3) is 5.69 Å². The van der Waals surface area contributed by atoms with Crippen LogP contribution in [0.1, 0.15) is 44.6 Å². The van der Waals surface area contributed by atoms with Crippen LogP contribution in [0.3, 0.4) is 0 Å². The Kier molecular flexibility index (Phi) is 5.53. The minimum absolute atomic E-state index is 0.115. The third kappa shape index (κ3) is 3.41. The van der Waals surface area contributed by atoms with Crippen LogP contribution in [-0.2, 0) is 6.42 Å².